The SMILES string of the molecule is Cl.NCCC1CCN(Cc2ccc(F)cc2)CC1. The van der Waals surface area contributed by atoms with Crippen molar-refractivity contribution in [3.8, 4) is 0 Å². The highest BCUT2D eigenvalue weighted by atomic mass is 35.5. The van der Waals surface area contributed by atoms with Crippen LogP contribution in [0.15, 0.2) is 24.3 Å². The van der Waals surface area contributed by atoms with Gasteiger partial charge in [0.05, 0.1) is 0 Å². The molecular formula is C14H22ClFN2. The molecule has 2 nitrogen and oxygen atoms in total. The Morgan fingerprint density at radius 1 is 1.17 bits per heavy atom. The van der Waals surface area contributed by atoms with Gasteiger partial charge in [-0.05, 0) is 62.5 Å². The molecule has 1 aromatic rings. The van der Waals surface area contributed by atoms with Crippen molar-refractivity contribution >= 4 is 12.4 Å². The summed E-state index contributed by atoms with van der Waals surface area (Å²) in [6.45, 7) is 4.03. The van der Waals surface area contributed by atoms with Gasteiger partial charge in [0, 0.05) is 6.54 Å². The van der Waals surface area contributed by atoms with Crippen LogP contribution in [0.1, 0.15) is 24.8 Å². The summed E-state index contributed by atoms with van der Waals surface area (Å²) in [5.74, 6) is 0.653. The van der Waals surface area contributed by atoms with Crippen molar-refractivity contribution in [1.82, 2.24) is 4.90 Å². The summed E-state index contributed by atoms with van der Waals surface area (Å²) in [6.07, 6.45) is 3.65. The summed E-state index contributed by atoms with van der Waals surface area (Å²) in [6, 6.07) is 6.83. The van der Waals surface area contributed by atoms with Gasteiger partial charge in [-0.3, -0.25) is 4.90 Å². The molecule has 1 saturated heterocycles. The van der Waals surface area contributed by atoms with Crippen molar-refractivity contribution in [3.05, 3.63) is 35.6 Å². The first-order valence-corrected chi connectivity index (χ1v) is 6.45. The van der Waals surface area contributed by atoms with Crippen LogP contribution < -0.4 is 5.73 Å². The third-order valence-electron chi connectivity index (χ3n) is 3.60. The van der Waals surface area contributed by atoms with Crippen LogP contribution in [0.2, 0.25) is 0 Å². The van der Waals surface area contributed by atoms with E-state index in [2.05, 4.69) is 4.90 Å². The second-order valence-electron chi connectivity index (χ2n) is 4.92. The minimum absolute atomic E-state index is 0. The monoisotopic (exact) mass is 272 g/mol. The lowest BCUT2D eigenvalue weighted by Gasteiger charge is -2.31. The first-order valence-electron chi connectivity index (χ1n) is 6.45. The molecule has 0 bridgehead atoms. The molecule has 4 heteroatoms. The highest BCUT2D eigenvalue weighted by Crippen LogP contribution is 2.21. The Kier molecular flexibility index (Phi) is 6.61. The van der Waals surface area contributed by atoms with E-state index in [1.165, 1.54) is 30.5 Å². The molecule has 1 fully saturated rings. The lowest BCUT2D eigenvalue weighted by molar-refractivity contribution is 0.173. The number of nitrogens with two attached hydrogens (primary N) is 1. The van der Waals surface area contributed by atoms with Gasteiger partial charge in [-0.2, -0.15) is 0 Å². The van der Waals surface area contributed by atoms with Crippen LogP contribution in [0.5, 0.6) is 0 Å². The molecule has 1 heterocycles. The zero-order chi connectivity index (χ0) is 12.1. The number of nitrogens with zero attached hydrogens (tertiary/aromatic N) is 1. The normalized spacial score (nSPS) is 17.4. The van der Waals surface area contributed by atoms with E-state index >= 15 is 0 Å². The number of hydrogen-bond acceptors (Lipinski definition) is 2. The van der Waals surface area contributed by atoms with E-state index < -0.39 is 0 Å². The van der Waals surface area contributed by atoms with E-state index in [1.807, 2.05) is 12.1 Å². The van der Waals surface area contributed by atoms with Crippen LogP contribution in [-0.2, 0) is 6.54 Å². The zero-order valence-corrected chi connectivity index (χ0v) is 11.5. The van der Waals surface area contributed by atoms with Gasteiger partial charge >= 0.3 is 0 Å². The molecule has 0 amide bonds. The third kappa shape index (κ3) is 4.56. The smallest absolute Gasteiger partial charge is 0.123 e. The van der Waals surface area contributed by atoms with Gasteiger partial charge in [0.1, 0.15) is 5.82 Å². The van der Waals surface area contributed by atoms with Crippen LogP contribution in [-0.4, -0.2) is 24.5 Å². The molecule has 0 unspecified atom stereocenters. The van der Waals surface area contributed by atoms with Gasteiger partial charge in [-0.15, -0.1) is 12.4 Å². The lowest BCUT2D eigenvalue weighted by atomic mass is 9.93. The average molecular weight is 273 g/mol. The summed E-state index contributed by atoms with van der Waals surface area (Å²) in [5, 5.41) is 0. The standard InChI is InChI=1S/C14H21FN2.ClH/c15-14-3-1-13(2-4-14)11-17-9-6-12(5-8-16)7-10-17;/h1-4,12H,5-11,16H2;1H. The Hall–Kier alpha value is -0.640. The van der Waals surface area contributed by atoms with Crippen molar-refractivity contribution in [2.75, 3.05) is 19.6 Å². The van der Waals surface area contributed by atoms with E-state index in [0.29, 0.717) is 0 Å². The molecule has 0 atom stereocenters. The molecular weight excluding hydrogens is 251 g/mol. The zero-order valence-electron chi connectivity index (χ0n) is 10.6. The molecule has 1 aromatic carbocycles. The van der Waals surface area contributed by atoms with E-state index in [9.17, 15) is 4.39 Å². The Bertz CT molecular complexity index is 334. The Balaban J connectivity index is 0.00000162. The molecule has 18 heavy (non-hydrogen) atoms. The van der Waals surface area contributed by atoms with Gasteiger partial charge in [0.15, 0.2) is 0 Å². The maximum Gasteiger partial charge on any atom is 0.123 e. The van der Waals surface area contributed by atoms with Crippen molar-refractivity contribution in [2.24, 2.45) is 11.7 Å². The average Bonchev–Trinajstić information content (AvgIpc) is 2.35. The molecule has 1 aliphatic rings. The van der Waals surface area contributed by atoms with Crippen LogP contribution in [0, 0.1) is 11.7 Å². The number of piperidine rings is 1. The maximum absolute atomic E-state index is 12.8. The molecule has 102 valence electrons. The maximum atomic E-state index is 12.8. The Morgan fingerprint density at radius 2 is 1.78 bits per heavy atom. The van der Waals surface area contributed by atoms with Gasteiger partial charge in [0.25, 0.3) is 0 Å². The van der Waals surface area contributed by atoms with Gasteiger partial charge in [-0.25, -0.2) is 4.39 Å². The number of likely N-dealkylation sites (tertiary alicyclic amines) is 1. The number of hydrogen-bond donors (Lipinski definition) is 1. The minimum atomic E-state index is -0.157. The predicted octanol–water partition coefficient (Wildman–Crippen LogP) is 2.81. The molecule has 2 N–H and O–H groups in total. The highest BCUT2D eigenvalue weighted by Gasteiger charge is 2.18. The predicted molar refractivity (Wildman–Crippen MR) is 75.3 cm³/mol. The third-order valence-corrected chi connectivity index (χ3v) is 3.60. The highest BCUT2D eigenvalue weighted by molar-refractivity contribution is 5.85. The summed E-state index contributed by atoms with van der Waals surface area (Å²) in [4.78, 5) is 2.44. The summed E-state index contributed by atoms with van der Waals surface area (Å²) < 4.78 is 12.8. The van der Waals surface area contributed by atoms with Gasteiger partial charge < -0.3 is 5.73 Å². The second kappa shape index (κ2) is 7.72. The quantitative estimate of drug-likeness (QED) is 0.913. The Morgan fingerprint density at radius 3 is 2.33 bits per heavy atom. The fraction of sp³-hybridized carbons (Fsp3) is 0.571. The van der Waals surface area contributed by atoms with Gasteiger partial charge in [0.2, 0.25) is 0 Å². The first-order chi connectivity index (χ1) is 8.28. The molecule has 2 rings (SSSR count). The summed E-state index contributed by atoms with van der Waals surface area (Å²) in [5.41, 5.74) is 6.78. The van der Waals surface area contributed by atoms with Crippen molar-refractivity contribution in [1.29, 1.82) is 0 Å². The molecule has 0 aliphatic carbocycles. The topological polar surface area (TPSA) is 29.3 Å². The van der Waals surface area contributed by atoms with E-state index in [-0.39, 0.29) is 18.2 Å². The lowest BCUT2D eigenvalue weighted by Crippen LogP contribution is -2.33. The van der Waals surface area contributed by atoms with E-state index in [1.54, 1.807) is 0 Å². The van der Waals surface area contributed by atoms with Gasteiger partial charge in [-0.1, -0.05) is 12.1 Å². The molecule has 0 aromatic heterocycles. The van der Waals surface area contributed by atoms with Crippen molar-refractivity contribution < 1.29 is 4.39 Å². The summed E-state index contributed by atoms with van der Waals surface area (Å²) in [7, 11) is 0. The van der Waals surface area contributed by atoms with E-state index in [4.69, 9.17) is 5.73 Å². The first kappa shape index (κ1) is 15.4. The molecule has 0 spiro atoms. The minimum Gasteiger partial charge on any atom is -0.330 e. The fourth-order valence-electron chi connectivity index (χ4n) is 2.52. The second-order valence-corrected chi connectivity index (χ2v) is 4.92. The molecule has 0 saturated carbocycles. The summed E-state index contributed by atoms with van der Waals surface area (Å²) >= 11 is 0. The largest absolute Gasteiger partial charge is 0.330 e. The fourth-order valence-corrected chi connectivity index (χ4v) is 2.52. The van der Waals surface area contributed by atoms with Crippen molar-refractivity contribution in [2.45, 2.75) is 25.8 Å². The van der Waals surface area contributed by atoms with Crippen LogP contribution in [0.4, 0.5) is 4.39 Å². The molecule has 0 radical (unpaired) electrons. The molecule has 1 aliphatic heterocycles. The van der Waals surface area contributed by atoms with E-state index in [0.717, 1.165) is 38.5 Å². The van der Waals surface area contributed by atoms with Crippen molar-refractivity contribution in [3.63, 3.8) is 0 Å². The van der Waals surface area contributed by atoms with Crippen LogP contribution in [0.3, 0.4) is 0 Å². The van der Waals surface area contributed by atoms with Crippen LogP contribution >= 0.6 is 12.4 Å². The number of rotatable bonds is 4. The number of benzene rings is 1. The Labute approximate surface area is 115 Å². The number of halogens is 2. The van der Waals surface area contributed by atoms with Crippen LogP contribution in [0.25, 0.3) is 0 Å².